The second kappa shape index (κ2) is 14.9. The molecule has 0 fully saturated rings. The van der Waals surface area contributed by atoms with Gasteiger partial charge in [0.15, 0.2) is 0 Å². The molecule has 0 spiro atoms. The first-order valence-electron chi connectivity index (χ1n) is 14.5. The van der Waals surface area contributed by atoms with E-state index in [9.17, 15) is 18.0 Å². The van der Waals surface area contributed by atoms with Crippen LogP contribution in [0.2, 0.25) is 0 Å². The number of benzene rings is 3. The lowest BCUT2D eigenvalue weighted by atomic mass is 10.1. The summed E-state index contributed by atoms with van der Waals surface area (Å²) in [7, 11) is -4.19. The van der Waals surface area contributed by atoms with Crippen LogP contribution in [-0.2, 0) is 26.2 Å². The Bertz CT molecular complexity index is 1460. The molecular formula is C33H43N3O5S. The van der Waals surface area contributed by atoms with Crippen molar-refractivity contribution in [3.8, 4) is 5.75 Å². The molecule has 0 saturated heterocycles. The molecule has 0 heterocycles. The SMILES string of the molecule is CCOc1ccccc1N(CC(=O)N(Cc1cccc(C)c1)[C@@H](CC)C(=O)N[C@H](C)CC)S(=O)(=O)c1ccc(C)cc1. The minimum atomic E-state index is -4.19. The number of rotatable bonds is 14. The number of carbonyl (C=O) groups excluding carboxylic acids is 2. The highest BCUT2D eigenvalue weighted by atomic mass is 32.2. The van der Waals surface area contributed by atoms with Gasteiger partial charge in [0, 0.05) is 12.6 Å². The Labute approximate surface area is 250 Å². The third-order valence-electron chi connectivity index (χ3n) is 7.14. The van der Waals surface area contributed by atoms with Crippen molar-refractivity contribution in [3.63, 3.8) is 0 Å². The van der Waals surface area contributed by atoms with Gasteiger partial charge in [-0.15, -0.1) is 0 Å². The first-order valence-corrected chi connectivity index (χ1v) is 15.9. The maximum Gasteiger partial charge on any atom is 0.264 e. The highest BCUT2D eigenvalue weighted by Crippen LogP contribution is 2.33. The lowest BCUT2D eigenvalue weighted by molar-refractivity contribution is -0.140. The molecule has 0 aliphatic heterocycles. The average Bonchev–Trinajstić information content (AvgIpc) is 2.96. The molecule has 226 valence electrons. The Morgan fingerprint density at radius 2 is 1.57 bits per heavy atom. The van der Waals surface area contributed by atoms with Crippen LogP contribution in [0.4, 0.5) is 5.69 Å². The highest BCUT2D eigenvalue weighted by Gasteiger charge is 2.35. The third kappa shape index (κ3) is 8.12. The Hall–Kier alpha value is -3.85. The van der Waals surface area contributed by atoms with Gasteiger partial charge < -0.3 is 15.0 Å². The molecule has 8 nitrogen and oxygen atoms in total. The number of aryl methyl sites for hydroxylation is 2. The second-order valence-corrected chi connectivity index (χ2v) is 12.3. The van der Waals surface area contributed by atoms with Gasteiger partial charge in [-0.25, -0.2) is 8.42 Å². The molecule has 0 unspecified atom stereocenters. The van der Waals surface area contributed by atoms with E-state index in [1.54, 1.807) is 36.4 Å². The van der Waals surface area contributed by atoms with E-state index in [0.29, 0.717) is 18.8 Å². The molecule has 3 rings (SSSR count). The topological polar surface area (TPSA) is 96.0 Å². The molecule has 1 N–H and O–H groups in total. The number of hydrogen-bond donors (Lipinski definition) is 1. The van der Waals surface area contributed by atoms with E-state index < -0.39 is 28.5 Å². The Morgan fingerprint density at radius 3 is 2.19 bits per heavy atom. The van der Waals surface area contributed by atoms with Crippen molar-refractivity contribution in [2.75, 3.05) is 17.5 Å². The number of hydrogen-bond acceptors (Lipinski definition) is 5. The minimum Gasteiger partial charge on any atom is -0.492 e. The zero-order chi connectivity index (χ0) is 30.9. The van der Waals surface area contributed by atoms with Gasteiger partial charge in [0.25, 0.3) is 10.0 Å². The predicted octanol–water partition coefficient (Wildman–Crippen LogP) is 5.62. The maximum atomic E-state index is 14.3. The van der Waals surface area contributed by atoms with Gasteiger partial charge in [-0.2, -0.15) is 0 Å². The van der Waals surface area contributed by atoms with Gasteiger partial charge in [-0.3, -0.25) is 13.9 Å². The summed E-state index contributed by atoms with van der Waals surface area (Å²) in [6.45, 7) is 11.3. The molecule has 0 radical (unpaired) electrons. The van der Waals surface area contributed by atoms with Gasteiger partial charge in [0.2, 0.25) is 11.8 Å². The Morgan fingerprint density at radius 1 is 0.881 bits per heavy atom. The highest BCUT2D eigenvalue weighted by molar-refractivity contribution is 7.92. The van der Waals surface area contributed by atoms with Crippen molar-refractivity contribution < 1.29 is 22.7 Å². The third-order valence-corrected chi connectivity index (χ3v) is 8.92. The molecule has 2 amide bonds. The lowest BCUT2D eigenvalue weighted by Crippen LogP contribution is -2.53. The molecule has 0 aromatic heterocycles. The maximum absolute atomic E-state index is 14.3. The van der Waals surface area contributed by atoms with Gasteiger partial charge >= 0.3 is 0 Å². The molecule has 0 aliphatic carbocycles. The fourth-order valence-electron chi connectivity index (χ4n) is 4.66. The number of amides is 2. The van der Waals surface area contributed by atoms with Crippen LogP contribution in [0.25, 0.3) is 0 Å². The summed E-state index contributed by atoms with van der Waals surface area (Å²) in [5.74, 6) is -0.421. The normalized spacial score (nSPS) is 12.7. The fourth-order valence-corrected chi connectivity index (χ4v) is 6.08. The molecule has 0 saturated carbocycles. The summed E-state index contributed by atoms with van der Waals surface area (Å²) in [4.78, 5) is 29.3. The Balaban J connectivity index is 2.11. The quantitative estimate of drug-likeness (QED) is 0.262. The van der Waals surface area contributed by atoms with E-state index in [0.717, 1.165) is 27.4 Å². The largest absolute Gasteiger partial charge is 0.492 e. The van der Waals surface area contributed by atoms with Crippen LogP contribution >= 0.6 is 0 Å². The second-order valence-electron chi connectivity index (χ2n) is 10.5. The van der Waals surface area contributed by atoms with Gasteiger partial charge in [0.05, 0.1) is 17.2 Å². The van der Waals surface area contributed by atoms with Crippen molar-refractivity contribution in [2.45, 2.75) is 77.9 Å². The Kier molecular flexibility index (Phi) is 11.6. The first kappa shape index (κ1) is 32.7. The molecule has 0 aliphatic rings. The minimum absolute atomic E-state index is 0.0546. The monoisotopic (exact) mass is 593 g/mol. The lowest BCUT2D eigenvalue weighted by Gasteiger charge is -2.34. The zero-order valence-electron chi connectivity index (χ0n) is 25.5. The summed E-state index contributed by atoms with van der Waals surface area (Å²) in [6, 6.07) is 20.1. The number of anilines is 1. The van der Waals surface area contributed by atoms with E-state index in [4.69, 9.17) is 4.74 Å². The van der Waals surface area contributed by atoms with E-state index in [1.165, 1.54) is 17.0 Å². The summed E-state index contributed by atoms with van der Waals surface area (Å²) in [5, 5.41) is 3.00. The average molecular weight is 594 g/mol. The van der Waals surface area contributed by atoms with Crippen LogP contribution in [0.5, 0.6) is 5.75 Å². The van der Waals surface area contributed by atoms with Crippen molar-refractivity contribution in [1.29, 1.82) is 0 Å². The number of nitrogens with zero attached hydrogens (tertiary/aromatic N) is 2. The molecule has 2 atom stereocenters. The van der Waals surface area contributed by atoms with Crippen LogP contribution in [0.1, 0.15) is 57.2 Å². The van der Waals surface area contributed by atoms with Gasteiger partial charge in [-0.05, 0) is 70.4 Å². The fraction of sp³-hybridized carbons (Fsp3) is 0.394. The number of ether oxygens (including phenoxy) is 1. The molecule has 42 heavy (non-hydrogen) atoms. The van der Waals surface area contributed by atoms with Crippen molar-refractivity contribution in [2.24, 2.45) is 0 Å². The van der Waals surface area contributed by atoms with Gasteiger partial charge in [-0.1, -0.05) is 73.5 Å². The summed E-state index contributed by atoms with van der Waals surface area (Å²) < 4.78 is 35.2. The molecule has 3 aromatic rings. The van der Waals surface area contributed by atoms with E-state index >= 15 is 0 Å². The van der Waals surface area contributed by atoms with Crippen molar-refractivity contribution in [3.05, 3.63) is 89.5 Å². The summed E-state index contributed by atoms with van der Waals surface area (Å²) in [6.07, 6.45) is 1.10. The number of sulfonamides is 1. The number of para-hydroxylation sites is 2. The standard InChI is InChI=1S/C33H43N3O5S/c1-7-26(6)34-33(38)29(8-2)35(22-27-14-12-13-25(5)21-27)32(37)23-36(30-15-10-11-16-31(30)41-9-3)42(39,40)28-19-17-24(4)18-20-28/h10-21,26,29H,7-9,22-23H2,1-6H3,(H,34,38)/t26-,29+/m1/s1. The number of carbonyl (C=O) groups is 2. The van der Waals surface area contributed by atoms with Crippen LogP contribution in [-0.4, -0.2) is 50.4 Å². The smallest absolute Gasteiger partial charge is 0.264 e. The molecule has 0 bridgehead atoms. The van der Waals surface area contributed by atoms with Crippen molar-refractivity contribution >= 4 is 27.5 Å². The number of nitrogens with one attached hydrogen (secondary N) is 1. The van der Waals surface area contributed by atoms with Crippen LogP contribution < -0.4 is 14.4 Å². The van der Waals surface area contributed by atoms with Crippen LogP contribution in [0.3, 0.4) is 0 Å². The predicted molar refractivity (Wildman–Crippen MR) is 167 cm³/mol. The molecular weight excluding hydrogens is 550 g/mol. The molecule has 9 heteroatoms. The van der Waals surface area contributed by atoms with Crippen LogP contribution in [0.15, 0.2) is 77.7 Å². The van der Waals surface area contributed by atoms with Gasteiger partial charge in [0.1, 0.15) is 18.3 Å². The van der Waals surface area contributed by atoms with E-state index in [2.05, 4.69) is 5.32 Å². The van der Waals surface area contributed by atoms with E-state index in [1.807, 2.05) is 65.8 Å². The molecule has 3 aromatic carbocycles. The zero-order valence-corrected chi connectivity index (χ0v) is 26.3. The summed E-state index contributed by atoms with van der Waals surface area (Å²) in [5.41, 5.74) is 3.03. The summed E-state index contributed by atoms with van der Waals surface area (Å²) >= 11 is 0. The van der Waals surface area contributed by atoms with Crippen molar-refractivity contribution in [1.82, 2.24) is 10.2 Å². The van der Waals surface area contributed by atoms with E-state index in [-0.39, 0.29) is 29.1 Å². The first-order chi connectivity index (χ1) is 20.0. The van der Waals surface area contributed by atoms with Crippen LogP contribution in [0, 0.1) is 13.8 Å².